The number of carbonyl (C=O) groups excluding carboxylic acids is 1. The lowest BCUT2D eigenvalue weighted by Crippen LogP contribution is -2.57. The Labute approximate surface area is 295 Å². The fraction of sp³-hybridized carbons (Fsp3) is 0.455. The minimum Gasteiger partial charge on any atom is -0.373 e. The first-order valence-electron chi connectivity index (χ1n) is 15.0. The summed E-state index contributed by atoms with van der Waals surface area (Å²) in [6.45, 7) is 8.35. The van der Waals surface area contributed by atoms with Crippen molar-refractivity contribution >= 4 is 43.1 Å². The quantitative estimate of drug-likeness (QED) is 0.235. The maximum Gasteiger partial charge on any atom is 0.416 e. The van der Waals surface area contributed by atoms with E-state index in [1.54, 1.807) is 17.0 Å². The number of benzene rings is 2. The van der Waals surface area contributed by atoms with Crippen LogP contribution < -0.4 is 0 Å². The van der Waals surface area contributed by atoms with E-state index in [4.69, 9.17) is 4.74 Å². The second-order valence-corrected chi connectivity index (χ2v) is 11.9. The molecule has 2 fully saturated rings. The van der Waals surface area contributed by atoms with Gasteiger partial charge in [-0.05, 0) is 79.4 Å². The molecule has 5 rings (SSSR count). The van der Waals surface area contributed by atoms with Crippen molar-refractivity contribution < 1.29 is 35.9 Å². The lowest BCUT2D eigenvalue weighted by molar-refractivity contribution is -0.138. The minimum absolute atomic E-state index is 0. The van der Waals surface area contributed by atoms with E-state index in [9.17, 15) is 31.1 Å². The van der Waals surface area contributed by atoms with Crippen LogP contribution in [0.15, 0.2) is 67.0 Å². The zero-order chi connectivity index (χ0) is 32.4. The SMILES string of the molecule is C[C@@H]1CN(CCN2CCN(C(=O)c3cc(-c4ccncc4)cc(C(F)(F)F)c3)[C@H](Cc3ccc(C(F)(F)F)cc3)C2)C[C@H](C)O1.Cl.Cl.Cl. The largest absolute Gasteiger partial charge is 0.416 e. The number of morpholine rings is 1. The summed E-state index contributed by atoms with van der Waals surface area (Å²) in [5, 5.41) is 0. The lowest BCUT2D eigenvalue weighted by Gasteiger charge is -2.43. The van der Waals surface area contributed by atoms with Gasteiger partial charge in [0.25, 0.3) is 5.91 Å². The average Bonchev–Trinajstić information content (AvgIpc) is 2.99. The first kappa shape index (κ1) is 41.6. The zero-order valence-electron chi connectivity index (χ0n) is 26.3. The van der Waals surface area contributed by atoms with E-state index in [1.165, 1.54) is 30.6 Å². The van der Waals surface area contributed by atoms with Crippen LogP contribution in [-0.4, -0.2) is 89.7 Å². The molecule has 2 saturated heterocycles. The van der Waals surface area contributed by atoms with Crippen molar-refractivity contribution in [3.63, 3.8) is 0 Å². The molecule has 0 bridgehead atoms. The monoisotopic (exact) mass is 742 g/mol. The van der Waals surface area contributed by atoms with E-state index >= 15 is 0 Å². The number of rotatable bonds is 7. The summed E-state index contributed by atoms with van der Waals surface area (Å²) in [7, 11) is 0. The van der Waals surface area contributed by atoms with Crippen molar-refractivity contribution in [2.45, 2.75) is 50.9 Å². The predicted octanol–water partition coefficient (Wildman–Crippen LogP) is 7.53. The molecular weight excluding hydrogens is 705 g/mol. The van der Waals surface area contributed by atoms with Gasteiger partial charge in [0, 0.05) is 69.8 Å². The van der Waals surface area contributed by atoms with Crippen LogP contribution >= 0.6 is 37.2 Å². The number of nitrogens with zero attached hydrogens (tertiary/aromatic N) is 4. The Bertz CT molecular complexity index is 1450. The summed E-state index contributed by atoms with van der Waals surface area (Å²) in [5.74, 6) is -0.552. The number of piperazine rings is 1. The third-order valence-corrected chi connectivity index (χ3v) is 8.33. The second kappa shape index (κ2) is 17.4. The molecule has 6 nitrogen and oxygen atoms in total. The number of halogens is 9. The molecule has 0 radical (unpaired) electrons. The van der Waals surface area contributed by atoms with Crippen LogP contribution in [0.3, 0.4) is 0 Å². The molecular formula is C33H39Cl3F6N4O2. The number of hydrogen-bond donors (Lipinski definition) is 0. The number of carbonyl (C=O) groups is 1. The Morgan fingerprint density at radius 2 is 1.33 bits per heavy atom. The standard InChI is InChI=1S/C33H36F6N4O2.3ClH/c1-22-19-42(20-23(2)45-22)12-11-41-13-14-43(30(21-41)15-24-3-5-28(6-4-24)32(34,35)36)31(44)27-16-26(25-7-9-40-10-8-25)17-29(18-27)33(37,38)39;;;/h3-10,16-18,22-23,30H,11-15,19-21H2,1-2H3;3*1H/t22-,23+,30-;;;/m1.../s1. The van der Waals surface area contributed by atoms with Crippen molar-refractivity contribution in [3.8, 4) is 11.1 Å². The molecule has 0 unspecified atom stereocenters. The number of pyridine rings is 1. The van der Waals surface area contributed by atoms with Crippen LogP contribution in [0.5, 0.6) is 0 Å². The molecule has 48 heavy (non-hydrogen) atoms. The molecule has 1 amide bonds. The van der Waals surface area contributed by atoms with Crippen LogP contribution in [-0.2, 0) is 23.5 Å². The topological polar surface area (TPSA) is 48.9 Å². The molecule has 2 aromatic carbocycles. The summed E-state index contributed by atoms with van der Waals surface area (Å²) in [6, 6.07) is 10.8. The highest BCUT2D eigenvalue weighted by molar-refractivity contribution is 5.96. The number of alkyl halides is 6. The average molecular weight is 744 g/mol. The zero-order valence-corrected chi connectivity index (χ0v) is 28.8. The van der Waals surface area contributed by atoms with Gasteiger partial charge < -0.3 is 9.64 Å². The van der Waals surface area contributed by atoms with Gasteiger partial charge >= 0.3 is 12.4 Å². The molecule has 0 N–H and O–H groups in total. The Morgan fingerprint density at radius 3 is 1.92 bits per heavy atom. The first-order chi connectivity index (χ1) is 21.3. The molecule has 3 aromatic rings. The molecule has 3 atom stereocenters. The maximum atomic E-state index is 14.0. The first-order valence-corrected chi connectivity index (χ1v) is 15.0. The molecule has 0 saturated carbocycles. The number of aromatic nitrogens is 1. The van der Waals surface area contributed by atoms with E-state index in [0.29, 0.717) is 30.8 Å². The highest BCUT2D eigenvalue weighted by atomic mass is 35.5. The van der Waals surface area contributed by atoms with Crippen LogP contribution in [0, 0.1) is 0 Å². The third kappa shape index (κ3) is 10.7. The summed E-state index contributed by atoms with van der Waals surface area (Å²) >= 11 is 0. The van der Waals surface area contributed by atoms with Gasteiger partial charge in [-0.2, -0.15) is 26.3 Å². The molecule has 0 spiro atoms. The highest BCUT2D eigenvalue weighted by Crippen LogP contribution is 2.34. The van der Waals surface area contributed by atoms with Gasteiger partial charge in [-0.3, -0.25) is 19.6 Å². The smallest absolute Gasteiger partial charge is 0.373 e. The summed E-state index contributed by atoms with van der Waals surface area (Å²) in [4.78, 5) is 24.0. The van der Waals surface area contributed by atoms with Crippen molar-refractivity contribution in [2.24, 2.45) is 0 Å². The van der Waals surface area contributed by atoms with Gasteiger partial charge in [0.2, 0.25) is 0 Å². The Morgan fingerprint density at radius 1 is 0.750 bits per heavy atom. The molecule has 2 aliphatic rings. The van der Waals surface area contributed by atoms with Gasteiger partial charge in [0.1, 0.15) is 0 Å². The fourth-order valence-corrected chi connectivity index (χ4v) is 6.21. The van der Waals surface area contributed by atoms with Crippen molar-refractivity contribution in [3.05, 3.63) is 89.2 Å². The molecule has 266 valence electrons. The van der Waals surface area contributed by atoms with Crippen molar-refractivity contribution in [1.29, 1.82) is 0 Å². The Hall–Kier alpha value is -2.61. The van der Waals surface area contributed by atoms with E-state index < -0.39 is 35.4 Å². The van der Waals surface area contributed by atoms with E-state index in [2.05, 4.69) is 14.8 Å². The van der Waals surface area contributed by atoms with Gasteiger partial charge in [0.05, 0.1) is 23.3 Å². The molecule has 2 aliphatic heterocycles. The molecule has 0 aliphatic carbocycles. The van der Waals surface area contributed by atoms with E-state index in [-0.39, 0.29) is 73.5 Å². The molecule has 3 heterocycles. The summed E-state index contributed by atoms with van der Waals surface area (Å²) in [5.41, 5.74) is -0.479. The minimum atomic E-state index is -4.68. The van der Waals surface area contributed by atoms with Gasteiger partial charge in [-0.25, -0.2) is 0 Å². The number of ether oxygens (including phenoxy) is 1. The number of hydrogen-bond acceptors (Lipinski definition) is 5. The van der Waals surface area contributed by atoms with Crippen LogP contribution in [0.2, 0.25) is 0 Å². The van der Waals surface area contributed by atoms with Crippen LogP contribution in [0.4, 0.5) is 26.3 Å². The predicted molar refractivity (Wildman–Crippen MR) is 179 cm³/mol. The van der Waals surface area contributed by atoms with Gasteiger partial charge in [-0.1, -0.05) is 12.1 Å². The van der Waals surface area contributed by atoms with E-state index in [0.717, 1.165) is 43.9 Å². The number of amides is 1. The maximum absolute atomic E-state index is 14.0. The Kier molecular flexibility index (Phi) is 15.0. The third-order valence-electron chi connectivity index (χ3n) is 8.33. The Balaban J connectivity index is 0.00000267. The summed E-state index contributed by atoms with van der Waals surface area (Å²) in [6.07, 6.45) is -5.75. The molecule has 1 aromatic heterocycles. The fourth-order valence-electron chi connectivity index (χ4n) is 6.21. The summed E-state index contributed by atoms with van der Waals surface area (Å²) < 4.78 is 87.2. The normalized spacial score (nSPS) is 20.7. The molecule has 15 heteroatoms. The van der Waals surface area contributed by atoms with Gasteiger partial charge in [0.15, 0.2) is 0 Å². The van der Waals surface area contributed by atoms with Crippen LogP contribution in [0.1, 0.15) is 40.9 Å². The van der Waals surface area contributed by atoms with E-state index in [1.807, 2.05) is 13.8 Å². The van der Waals surface area contributed by atoms with Crippen molar-refractivity contribution in [2.75, 3.05) is 45.8 Å². The highest BCUT2D eigenvalue weighted by Gasteiger charge is 2.36. The van der Waals surface area contributed by atoms with Crippen molar-refractivity contribution in [1.82, 2.24) is 19.7 Å². The second-order valence-electron chi connectivity index (χ2n) is 11.9. The van der Waals surface area contributed by atoms with Gasteiger partial charge in [-0.15, -0.1) is 37.2 Å². The van der Waals surface area contributed by atoms with Crippen LogP contribution in [0.25, 0.3) is 11.1 Å². The lowest BCUT2D eigenvalue weighted by atomic mass is 9.97.